The summed E-state index contributed by atoms with van der Waals surface area (Å²) in [4.78, 5) is 0. The highest BCUT2D eigenvalue weighted by Gasteiger charge is 2.53. The number of aliphatic hydroxyl groups excluding tert-OH is 2. The van der Waals surface area contributed by atoms with E-state index in [-0.39, 0.29) is 18.6 Å². The van der Waals surface area contributed by atoms with Crippen molar-refractivity contribution in [2.24, 2.45) is 17.3 Å². The third-order valence-electron chi connectivity index (χ3n) is 3.94. The molecular formula is C9H16O2. The maximum absolute atomic E-state index is 9.24. The van der Waals surface area contributed by atoms with Crippen LogP contribution in [0, 0.1) is 17.3 Å². The smallest absolute Gasteiger partial charge is 0.0514 e. The van der Waals surface area contributed by atoms with Crippen molar-refractivity contribution in [3.05, 3.63) is 0 Å². The highest BCUT2D eigenvalue weighted by Crippen LogP contribution is 2.57. The number of aliphatic hydroxyl groups is 2. The molecular weight excluding hydrogens is 140 g/mol. The number of hydrogen-bond acceptors (Lipinski definition) is 2. The van der Waals surface area contributed by atoms with Gasteiger partial charge in [0.05, 0.1) is 13.2 Å². The van der Waals surface area contributed by atoms with Gasteiger partial charge in [-0.25, -0.2) is 0 Å². The molecule has 0 unspecified atom stereocenters. The van der Waals surface area contributed by atoms with Crippen LogP contribution in [-0.2, 0) is 0 Å². The van der Waals surface area contributed by atoms with Crippen molar-refractivity contribution in [2.75, 3.05) is 13.2 Å². The Balaban J connectivity index is 2.22. The zero-order valence-electron chi connectivity index (χ0n) is 6.79. The first-order valence-electron chi connectivity index (χ1n) is 4.55. The molecule has 0 aliphatic heterocycles. The van der Waals surface area contributed by atoms with E-state index in [0.29, 0.717) is 11.8 Å². The molecule has 0 heterocycles. The summed E-state index contributed by atoms with van der Waals surface area (Å²) in [5.74, 6) is 1.23. The average Bonchev–Trinajstić information content (AvgIpc) is 2.59. The van der Waals surface area contributed by atoms with Crippen molar-refractivity contribution < 1.29 is 10.2 Å². The van der Waals surface area contributed by atoms with Crippen LogP contribution in [0.2, 0.25) is 0 Å². The molecule has 0 saturated heterocycles. The Bertz CT molecular complexity index is 130. The molecule has 0 aromatic carbocycles. The summed E-state index contributed by atoms with van der Waals surface area (Å²) in [5, 5.41) is 18.5. The fourth-order valence-corrected chi connectivity index (χ4v) is 3.14. The molecule has 2 heteroatoms. The van der Waals surface area contributed by atoms with E-state index < -0.39 is 0 Å². The maximum Gasteiger partial charge on any atom is 0.0514 e. The molecule has 0 aromatic rings. The summed E-state index contributed by atoms with van der Waals surface area (Å²) in [6.45, 7) is 0.387. The van der Waals surface area contributed by atoms with E-state index in [0.717, 1.165) is 0 Å². The topological polar surface area (TPSA) is 40.5 Å². The summed E-state index contributed by atoms with van der Waals surface area (Å²) < 4.78 is 0. The lowest BCUT2D eigenvalue weighted by Gasteiger charge is -2.29. The molecule has 0 atom stereocenters. The lowest BCUT2D eigenvalue weighted by molar-refractivity contribution is 0.0166. The second-order valence-corrected chi connectivity index (χ2v) is 4.10. The molecule has 2 aliphatic rings. The molecule has 64 valence electrons. The van der Waals surface area contributed by atoms with E-state index in [9.17, 15) is 10.2 Å². The van der Waals surface area contributed by atoms with Gasteiger partial charge in [-0.1, -0.05) is 0 Å². The third-order valence-corrected chi connectivity index (χ3v) is 3.94. The molecule has 0 radical (unpaired) electrons. The summed E-state index contributed by atoms with van der Waals surface area (Å²) in [5.41, 5.74) is -0.0833. The predicted molar refractivity (Wildman–Crippen MR) is 42.1 cm³/mol. The average molecular weight is 156 g/mol. The van der Waals surface area contributed by atoms with Crippen molar-refractivity contribution in [1.82, 2.24) is 0 Å². The van der Waals surface area contributed by atoms with E-state index in [1.807, 2.05) is 0 Å². The Morgan fingerprint density at radius 2 is 1.27 bits per heavy atom. The molecule has 11 heavy (non-hydrogen) atoms. The zero-order chi connectivity index (χ0) is 7.90. The highest BCUT2D eigenvalue weighted by molar-refractivity contribution is 5.02. The van der Waals surface area contributed by atoms with Crippen molar-refractivity contribution in [3.8, 4) is 0 Å². The van der Waals surface area contributed by atoms with Gasteiger partial charge in [0.2, 0.25) is 0 Å². The zero-order valence-corrected chi connectivity index (χ0v) is 6.79. The monoisotopic (exact) mass is 156 g/mol. The first-order chi connectivity index (χ1) is 5.33. The van der Waals surface area contributed by atoms with Crippen LogP contribution in [0.1, 0.15) is 25.7 Å². The normalized spacial score (nSPS) is 39.8. The number of hydrogen-bond donors (Lipinski definition) is 2. The van der Waals surface area contributed by atoms with E-state index in [1.54, 1.807) is 0 Å². The standard InChI is InChI=1S/C9H16O2/c10-5-9(6-11)7-1-2-8(9)4-3-7/h7-8,10-11H,1-6H2. The summed E-state index contributed by atoms with van der Waals surface area (Å²) in [6, 6.07) is 0. The first-order valence-corrected chi connectivity index (χ1v) is 4.55. The van der Waals surface area contributed by atoms with Crippen LogP contribution in [0.3, 0.4) is 0 Å². The van der Waals surface area contributed by atoms with E-state index in [1.165, 1.54) is 25.7 Å². The fraction of sp³-hybridized carbons (Fsp3) is 1.00. The van der Waals surface area contributed by atoms with Crippen LogP contribution in [0.25, 0.3) is 0 Å². The SMILES string of the molecule is OCC1(CO)C2CCC1CC2. The molecule has 2 nitrogen and oxygen atoms in total. The molecule has 2 N–H and O–H groups in total. The first kappa shape index (κ1) is 7.56. The largest absolute Gasteiger partial charge is 0.396 e. The third kappa shape index (κ3) is 0.798. The lowest BCUT2D eigenvalue weighted by atomic mass is 9.79. The van der Waals surface area contributed by atoms with E-state index in [4.69, 9.17) is 0 Å². The van der Waals surface area contributed by atoms with Crippen LogP contribution in [0.15, 0.2) is 0 Å². The molecule has 2 rings (SSSR count). The Labute approximate surface area is 67.2 Å². The summed E-state index contributed by atoms with van der Waals surface area (Å²) in [6.07, 6.45) is 4.91. The van der Waals surface area contributed by atoms with Gasteiger partial charge in [0.25, 0.3) is 0 Å². The van der Waals surface area contributed by atoms with Crippen molar-refractivity contribution in [1.29, 1.82) is 0 Å². The molecule has 2 fully saturated rings. The summed E-state index contributed by atoms with van der Waals surface area (Å²) >= 11 is 0. The van der Waals surface area contributed by atoms with Gasteiger partial charge in [0.15, 0.2) is 0 Å². The molecule has 0 spiro atoms. The fourth-order valence-electron chi connectivity index (χ4n) is 3.14. The molecule has 0 aromatic heterocycles. The number of rotatable bonds is 2. The molecule has 2 bridgehead atoms. The van der Waals surface area contributed by atoms with E-state index >= 15 is 0 Å². The molecule has 2 saturated carbocycles. The molecule has 2 aliphatic carbocycles. The second kappa shape index (κ2) is 2.46. The molecule has 0 amide bonds. The van der Waals surface area contributed by atoms with Gasteiger partial charge in [-0.05, 0) is 37.5 Å². The van der Waals surface area contributed by atoms with Gasteiger partial charge < -0.3 is 10.2 Å². The Hall–Kier alpha value is -0.0800. The van der Waals surface area contributed by atoms with Crippen LogP contribution >= 0.6 is 0 Å². The second-order valence-electron chi connectivity index (χ2n) is 4.10. The Morgan fingerprint density at radius 1 is 0.909 bits per heavy atom. The van der Waals surface area contributed by atoms with Crippen LogP contribution < -0.4 is 0 Å². The van der Waals surface area contributed by atoms with Crippen molar-refractivity contribution >= 4 is 0 Å². The maximum atomic E-state index is 9.24. The highest BCUT2D eigenvalue weighted by atomic mass is 16.3. The number of fused-ring (bicyclic) bond motifs is 2. The quantitative estimate of drug-likeness (QED) is 0.620. The van der Waals surface area contributed by atoms with Gasteiger partial charge >= 0.3 is 0 Å². The minimum absolute atomic E-state index is 0.0833. The predicted octanol–water partition coefficient (Wildman–Crippen LogP) is 0.777. The Morgan fingerprint density at radius 3 is 1.45 bits per heavy atom. The van der Waals surface area contributed by atoms with E-state index in [2.05, 4.69) is 0 Å². The van der Waals surface area contributed by atoms with Crippen molar-refractivity contribution in [3.63, 3.8) is 0 Å². The van der Waals surface area contributed by atoms with Gasteiger partial charge in [0, 0.05) is 5.41 Å². The van der Waals surface area contributed by atoms with Crippen LogP contribution in [-0.4, -0.2) is 23.4 Å². The summed E-state index contributed by atoms with van der Waals surface area (Å²) in [7, 11) is 0. The Kier molecular flexibility index (Phi) is 1.69. The minimum atomic E-state index is -0.0833. The van der Waals surface area contributed by atoms with Gasteiger partial charge in [-0.15, -0.1) is 0 Å². The van der Waals surface area contributed by atoms with Gasteiger partial charge in [-0.2, -0.15) is 0 Å². The lowest BCUT2D eigenvalue weighted by Crippen LogP contribution is -2.34. The van der Waals surface area contributed by atoms with Gasteiger partial charge in [0.1, 0.15) is 0 Å². The minimum Gasteiger partial charge on any atom is -0.396 e. The van der Waals surface area contributed by atoms with Gasteiger partial charge in [-0.3, -0.25) is 0 Å². The van der Waals surface area contributed by atoms with Crippen LogP contribution in [0.5, 0.6) is 0 Å². The van der Waals surface area contributed by atoms with Crippen molar-refractivity contribution in [2.45, 2.75) is 25.7 Å². The van der Waals surface area contributed by atoms with Crippen LogP contribution in [0.4, 0.5) is 0 Å².